The Bertz CT molecular complexity index is 1040. The van der Waals surface area contributed by atoms with Crippen molar-refractivity contribution in [1.82, 2.24) is 4.90 Å². The van der Waals surface area contributed by atoms with Crippen molar-refractivity contribution in [1.29, 1.82) is 0 Å². The second-order valence-corrected chi connectivity index (χ2v) is 6.70. The summed E-state index contributed by atoms with van der Waals surface area (Å²) < 4.78 is 16.5. The maximum absolute atomic E-state index is 12.5. The van der Waals surface area contributed by atoms with E-state index in [1.54, 1.807) is 24.0 Å². The molecular formula is C22H21NO5. The Morgan fingerprint density at radius 2 is 1.82 bits per heavy atom. The minimum absolute atomic E-state index is 0.0807. The van der Waals surface area contributed by atoms with Crippen LogP contribution >= 0.6 is 0 Å². The van der Waals surface area contributed by atoms with E-state index in [4.69, 9.17) is 13.9 Å². The molecule has 1 aromatic heterocycles. The Balaban J connectivity index is 1.61. The number of morpholine rings is 1. The highest BCUT2D eigenvalue weighted by Crippen LogP contribution is 2.30. The van der Waals surface area contributed by atoms with Crippen molar-refractivity contribution < 1.29 is 18.7 Å². The maximum atomic E-state index is 12.5. The molecule has 6 nitrogen and oxygen atoms in total. The molecule has 6 heteroatoms. The summed E-state index contributed by atoms with van der Waals surface area (Å²) in [5.74, 6) is 0.401. The third-order valence-electron chi connectivity index (χ3n) is 4.78. The number of hydrogen-bond acceptors (Lipinski definition) is 5. The van der Waals surface area contributed by atoms with Crippen LogP contribution in [0.4, 0.5) is 0 Å². The fourth-order valence-electron chi connectivity index (χ4n) is 3.37. The van der Waals surface area contributed by atoms with Crippen LogP contribution in [0.5, 0.6) is 5.75 Å². The number of nitrogens with zero attached hydrogens (tertiary/aromatic N) is 1. The second-order valence-electron chi connectivity index (χ2n) is 6.70. The highest BCUT2D eigenvalue weighted by Gasteiger charge is 2.24. The molecule has 28 heavy (non-hydrogen) atoms. The number of hydrogen-bond donors (Lipinski definition) is 0. The summed E-state index contributed by atoms with van der Waals surface area (Å²) in [6.07, 6.45) is -0.639. The second kappa shape index (κ2) is 7.86. The first-order chi connectivity index (χ1) is 13.6. The molecule has 1 amide bonds. The predicted molar refractivity (Wildman–Crippen MR) is 105 cm³/mol. The lowest BCUT2D eigenvalue weighted by molar-refractivity contribution is -0.142. The van der Waals surface area contributed by atoms with Gasteiger partial charge in [-0.05, 0) is 30.2 Å². The van der Waals surface area contributed by atoms with Crippen LogP contribution in [0.3, 0.4) is 0 Å². The van der Waals surface area contributed by atoms with Crippen molar-refractivity contribution >= 4 is 16.9 Å². The Morgan fingerprint density at radius 3 is 2.57 bits per heavy atom. The van der Waals surface area contributed by atoms with Gasteiger partial charge in [0.25, 0.3) is 5.91 Å². The van der Waals surface area contributed by atoms with E-state index < -0.39 is 11.7 Å². The minimum atomic E-state index is -0.639. The van der Waals surface area contributed by atoms with E-state index in [9.17, 15) is 9.59 Å². The first kappa shape index (κ1) is 18.3. The summed E-state index contributed by atoms with van der Waals surface area (Å²) >= 11 is 0. The van der Waals surface area contributed by atoms with Gasteiger partial charge in [0.05, 0.1) is 13.2 Å². The fourth-order valence-corrected chi connectivity index (χ4v) is 3.37. The largest absolute Gasteiger partial charge is 0.481 e. The number of carbonyl (C=O) groups excluding carboxylic acids is 1. The molecule has 0 unspecified atom stereocenters. The lowest BCUT2D eigenvalue weighted by Gasteiger charge is -2.29. The number of fused-ring (bicyclic) bond motifs is 1. The fraction of sp³-hybridized carbons (Fsp3) is 0.273. The van der Waals surface area contributed by atoms with Gasteiger partial charge in [-0.1, -0.05) is 30.3 Å². The van der Waals surface area contributed by atoms with Crippen LogP contribution in [0.1, 0.15) is 6.92 Å². The molecule has 0 N–H and O–H groups in total. The van der Waals surface area contributed by atoms with Crippen LogP contribution in [0, 0.1) is 0 Å². The minimum Gasteiger partial charge on any atom is -0.481 e. The monoisotopic (exact) mass is 379 g/mol. The van der Waals surface area contributed by atoms with Crippen LogP contribution in [-0.4, -0.2) is 43.2 Å². The van der Waals surface area contributed by atoms with Crippen molar-refractivity contribution in [3.63, 3.8) is 0 Å². The standard InChI is InChI=1S/C22H21NO5/c1-15(22(25)23-9-11-26-12-10-23)27-17-7-8-18-19(16-5-3-2-4-6-16)14-21(24)28-20(18)13-17/h2-8,13-15H,9-12H2,1H3/t15-/m0/s1. The Hall–Kier alpha value is -3.12. The number of benzene rings is 2. The third-order valence-corrected chi connectivity index (χ3v) is 4.78. The highest BCUT2D eigenvalue weighted by molar-refractivity contribution is 5.93. The molecule has 0 bridgehead atoms. The molecule has 2 heterocycles. The van der Waals surface area contributed by atoms with E-state index in [1.807, 2.05) is 36.4 Å². The van der Waals surface area contributed by atoms with Crippen molar-refractivity contribution in [2.45, 2.75) is 13.0 Å². The van der Waals surface area contributed by atoms with Crippen molar-refractivity contribution in [3.8, 4) is 16.9 Å². The van der Waals surface area contributed by atoms with Gasteiger partial charge < -0.3 is 18.8 Å². The zero-order valence-electron chi connectivity index (χ0n) is 15.6. The molecule has 0 spiro atoms. The normalized spacial score (nSPS) is 15.4. The predicted octanol–water partition coefficient (Wildman–Crippen LogP) is 3.09. The smallest absolute Gasteiger partial charge is 0.336 e. The number of amides is 1. The van der Waals surface area contributed by atoms with Gasteiger partial charge >= 0.3 is 5.63 Å². The molecule has 1 aliphatic rings. The Morgan fingerprint density at radius 1 is 1.07 bits per heavy atom. The zero-order chi connectivity index (χ0) is 19.5. The molecule has 1 saturated heterocycles. The van der Waals surface area contributed by atoms with Crippen molar-refractivity contribution in [2.24, 2.45) is 0 Å². The molecule has 0 radical (unpaired) electrons. The van der Waals surface area contributed by atoms with Crippen LogP contribution in [0.2, 0.25) is 0 Å². The van der Waals surface area contributed by atoms with E-state index in [0.717, 1.165) is 16.5 Å². The summed E-state index contributed by atoms with van der Waals surface area (Å²) in [6, 6.07) is 16.5. The van der Waals surface area contributed by atoms with Crippen LogP contribution in [-0.2, 0) is 9.53 Å². The van der Waals surface area contributed by atoms with Crippen molar-refractivity contribution in [2.75, 3.05) is 26.3 Å². The van der Waals surface area contributed by atoms with Crippen LogP contribution in [0.15, 0.2) is 63.8 Å². The van der Waals surface area contributed by atoms with E-state index in [0.29, 0.717) is 37.6 Å². The molecule has 0 saturated carbocycles. The Kier molecular flexibility index (Phi) is 5.12. The van der Waals surface area contributed by atoms with E-state index >= 15 is 0 Å². The number of carbonyl (C=O) groups is 1. The molecule has 3 aromatic rings. The van der Waals surface area contributed by atoms with Crippen LogP contribution < -0.4 is 10.4 Å². The van der Waals surface area contributed by atoms with E-state index in [-0.39, 0.29) is 5.91 Å². The molecule has 4 rings (SSSR count). The summed E-state index contributed by atoms with van der Waals surface area (Å²) in [5, 5.41) is 0.810. The highest BCUT2D eigenvalue weighted by atomic mass is 16.5. The molecular weight excluding hydrogens is 358 g/mol. The molecule has 144 valence electrons. The zero-order valence-corrected chi connectivity index (χ0v) is 15.6. The average Bonchev–Trinajstić information content (AvgIpc) is 2.73. The van der Waals surface area contributed by atoms with Gasteiger partial charge in [-0.15, -0.1) is 0 Å². The molecule has 0 aliphatic carbocycles. The Labute approximate surface area is 162 Å². The van der Waals surface area contributed by atoms with E-state index in [1.165, 1.54) is 6.07 Å². The lowest BCUT2D eigenvalue weighted by Crippen LogP contribution is -2.46. The average molecular weight is 379 g/mol. The van der Waals surface area contributed by atoms with Gasteiger partial charge in [0.1, 0.15) is 11.3 Å². The van der Waals surface area contributed by atoms with Gasteiger partial charge in [0.15, 0.2) is 6.10 Å². The molecule has 1 atom stereocenters. The number of rotatable bonds is 4. The molecule has 2 aromatic carbocycles. The first-order valence-corrected chi connectivity index (χ1v) is 9.28. The van der Waals surface area contributed by atoms with Crippen molar-refractivity contribution in [3.05, 3.63) is 65.0 Å². The van der Waals surface area contributed by atoms with Gasteiger partial charge in [0.2, 0.25) is 0 Å². The van der Waals surface area contributed by atoms with Gasteiger partial charge in [0, 0.05) is 30.6 Å². The topological polar surface area (TPSA) is 69.0 Å². The lowest BCUT2D eigenvalue weighted by atomic mass is 10.0. The maximum Gasteiger partial charge on any atom is 0.336 e. The SMILES string of the molecule is C[C@H](Oc1ccc2c(-c3ccccc3)cc(=O)oc2c1)C(=O)N1CCOCC1. The summed E-state index contributed by atoms with van der Waals surface area (Å²) in [5.41, 5.74) is 1.73. The first-order valence-electron chi connectivity index (χ1n) is 9.28. The van der Waals surface area contributed by atoms with E-state index in [2.05, 4.69) is 0 Å². The molecule has 1 aliphatic heterocycles. The van der Waals surface area contributed by atoms with Gasteiger partial charge in [-0.25, -0.2) is 4.79 Å². The third kappa shape index (κ3) is 3.77. The number of ether oxygens (including phenoxy) is 2. The van der Waals surface area contributed by atoms with Crippen LogP contribution in [0.25, 0.3) is 22.1 Å². The summed E-state index contributed by atoms with van der Waals surface area (Å²) in [7, 11) is 0. The quantitative estimate of drug-likeness (QED) is 0.652. The summed E-state index contributed by atoms with van der Waals surface area (Å²) in [4.78, 5) is 26.3. The molecule has 1 fully saturated rings. The summed E-state index contributed by atoms with van der Waals surface area (Å²) in [6.45, 7) is 3.95. The van der Waals surface area contributed by atoms with Gasteiger partial charge in [-0.3, -0.25) is 4.79 Å². The van der Waals surface area contributed by atoms with Gasteiger partial charge in [-0.2, -0.15) is 0 Å².